The van der Waals surface area contributed by atoms with Crippen LogP contribution >= 0.6 is 0 Å². The lowest BCUT2D eigenvalue weighted by Crippen LogP contribution is -2.66. The molecule has 4 aliphatic carbocycles. The molecule has 0 saturated heterocycles. The van der Waals surface area contributed by atoms with Gasteiger partial charge in [-0.15, -0.1) is 0 Å². The second-order valence-electron chi connectivity index (χ2n) is 12.3. The average molecular weight is 510 g/mol. The van der Waals surface area contributed by atoms with Gasteiger partial charge in [-0.05, 0) is 60.1 Å². The van der Waals surface area contributed by atoms with E-state index >= 15 is 0 Å². The molecule has 3 N–H and O–H groups in total. The highest BCUT2D eigenvalue weighted by Gasteiger charge is 2.76. The van der Waals surface area contributed by atoms with Crippen molar-refractivity contribution in [3.05, 3.63) is 59.2 Å². The van der Waals surface area contributed by atoms with E-state index in [1.54, 1.807) is 26.1 Å². The molecule has 7 heteroatoms. The number of rotatable bonds is 4. The second-order valence-corrected chi connectivity index (χ2v) is 12.3. The first-order valence-corrected chi connectivity index (χ1v) is 13.3. The van der Waals surface area contributed by atoms with Crippen LogP contribution in [0.2, 0.25) is 0 Å². The zero-order valence-electron chi connectivity index (χ0n) is 22.5. The van der Waals surface area contributed by atoms with Crippen LogP contribution in [0, 0.1) is 34.5 Å². The molecule has 4 aliphatic rings. The summed E-state index contributed by atoms with van der Waals surface area (Å²) in [7, 11) is 1.63. The molecule has 1 unspecified atom stereocenters. The van der Waals surface area contributed by atoms with Crippen molar-refractivity contribution in [3.63, 3.8) is 0 Å². The number of ether oxygens (including phenoxy) is 1. The van der Waals surface area contributed by atoms with Gasteiger partial charge >= 0.3 is 6.09 Å². The summed E-state index contributed by atoms with van der Waals surface area (Å²) in [4.78, 5) is 29.3. The van der Waals surface area contributed by atoms with E-state index in [4.69, 9.17) is 4.74 Å². The molecule has 0 radical (unpaired) electrons. The van der Waals surface area contributed by atoms with Crippen molar-refractivity contribution >= 4 is 11.9 Å². The summed E-state index contributed by atoms with van der Waals surface area (Å²) >= 11 is 0. The molecule has 0 aliphatic heterocycles. The monoisotopic (exact) mass is 509 g/mol. The zero-order chi connectivity index (χ0) is 27.1. The summed E-state index contributed by atoms with van der Waals surface area (Å²) in [6.45, 7) is 9.38. The molecule has 1 spiro atoms. The molecule has 2 bridgehead atoms. The Balaban J connectivity index is 1.55. The number of hydrogen-bond acceptors (Lipinski definition) is 6. The number of hydrogen-bond donors (Lipinski definition) is 3. The van der Waals surface area contributed by atoms with Gasteiger partial charge in [0.2, 0.25) is 0 Å². The fourth-order valence-corrected chi connectivity index (χ4v) is 7.89. The molecule has 1 aromatic carbocycles. The minimum Gasteiger partial charge on any atom is -0.438 e. The lowest BCUT2D eigenvalue weighted by Gasteiger charge is -2.49. The van der Waals surface area contributed by atoms with E-state index in [9.17, 15) is 24.9 Å². The maximum absolute atomic E-state index is 14.4. The van der Waals surface area contributed by atoms with Crippen molar-refractivity contribution in [1.29, 1.82) is 0 Å². The summed E-state index contributed by atoms with van der Waals surface area (Å²) in [5.41, 5.74) is -1.96. The minimum absolute atomic E-state index is 0.0415. The Hall–Kier alpha value is -2.48. The van der Waals surface area contributed by atoms with Crippen LogP contribution in [-0.4, -0.2) is 63.6 Å². The van der Waals surface area contributed by atoms with Gasteiger partial charge in [0.25, 0.3) is 0 Å². The van der Waals surface area contributed by atoms with Gasteiger partial charge in [0.05, 0.1) is 18.1 Å². The van der Waals surface area contributed by atoms with E-state index in [1.165, 1.54) is 4.90 Å². The van der Waals surface area contributed by atoms with Crippen molar-refractivity contribution in [3.8, 4) is 0 Å². The fourth-order valence-electron chi connectivity index (χ4n) is 7.89. The third kappa shape index (κ3) is 3.36. The predicted molar refractivity (Wildman–Crippen MR) is 138 cm³/mol. The molecule has 9 atom stereocenters. The van der Waals surface area contributed by atoms with Gasteiger partial charge in [0, 0.05) is 13.0 Å². The number of aliphatic hydroxyl groups is 3. The first-order chi connectivity index (χ1) is 17.3. The molecule has 2 fully saturated rings. The van der Waals surface area contributed by atoms with Crippen molar-refractivity contribution in [2.75, 3.05) is 13.7 Å². The van der Waals surface area contributed by atoms with E-state index in [2.05, 4.69) is 13.8 Å². The summed E-state index contributed by atoms with van der Waals surface area (Å²) < 4.78 is 5.97. The third-order valence-corrected chi connectivity index (χ3v) is 10.3. The van der Waals surface area contributed by atoms with Crippen LogP contribution < -0.4 is 0 Å². The molecule has 1 aromatic rings. The Morgan fingerprint density at radius 1 is 1.24 bits per heavy atom. The van der Waals surface area contributed by atoms with Crippen molar-refractivity contribution in [2.45, 2.75) is 64.9 Å². The highest BCUT2D eigenvalue weighted by atomic mass is 16.6. The van der Waals surface area contributed by atoms with Gasteiger partial charge < -0.3 is 25.0 Å². The van der Waals surface area contributed by atoms with Crippen LogP contribution in [0.5, 0.6) is 0 Å². The molecule has 2 saturated carbocycles. The number of carbonyl (C=O) groups excluding carboxylic acids is 2. The number of fused-ring (bicyclic) bond motifs is 3. The zero-order valence-corrected chi connectivity index (χ0v) is 22.5. The van der Waals surface area contributed by atoms with Crippen molar-refractivity contribution in [2.24, 2.45) is 34.5 Å². The molecule has 0 aromatic heterocycles. The van der Waals surface area contributed by atoms with E-state index < -0.39 is 41.8 Å². The second kappa shape index (κ2) is 8.52. The topological polar surface area (TPSA) is 107 Å². The normalized spacial score (nSPS) is 40.3. The highest BCUT2D eigenvalue weighted by molar-refractivity contribution is 5.95. The summed E-state index contributed by atoms with van der Waals surface area (Å²) in [6, 6.07) is 9.24. The van der Waals surface area contributed by atoms with Crippen molar-refractivity contribution < 1.29 is 29.6 Å². The number of amides is 1. The number of allylic oxidation sites excluding steroid dienone is 1. The fraction of sp³-hybridized carbons (Fsp3) is 0.600. The van der Waals surface area contributed by atoms with Crippen LogP contribution in [-0.2, 0) is 9.53 Å². The van der Waals surface area contributed by atoms with Gasteiger partial charge in [-0.3, -0.25) is 4.79 Å². The molecular formula is C30H39NO6. The van der Waals surface area contributed by atoms with Gasteiger partial charge in [0.15, 0.2) is 17.5 Å². The van der Waals surface area contributed by atoms with Crippen LogP contribution in [0.1, 0.15) is 52.6 Å². The molecule has 200 valence electrons. The predicted octanol–water partition coefficient (Wildman–Crippen LogP) is 3.65. The largest absolute Gasteiger partial charge is 0.438 e. The summed E-state index contributed by atoms with van der Waals surface area (Å²) in [5.74, 6) is -0.627. The number of nitrogens with zero attached hydrogens (tertiary/aromatic N) is 1. The number of ketones is 1. The Kier molecular flexibility index (Phi) is 6.02. The molecule has 5 rings (SSSR count). The first kappa shape index (κ1) is 26.1. The number of benzene rings is 1. The smallest absolute Gasteiger partial charge is 0.410 e. The number of carbonyl (C=O) groups is 2. The number of aliphatic hydroxyl groups excluding tert-OH is 2. The first-order valence-electron chi connectivity index (χ1n) is 13.3. The maximum Gasteiger partial charge on any atom is 0.410 e. The molecule has 0 heterocycles. The van der Waals surface area contributed by atoms with Gasteiger partial charge in [0.1, 0.15) is 6.10 Å². The minimum atomic E-state index is -2.13. The van der Waals surface area contributed by atoms with Gasteiger partial charge in [-0.25, -0.2) is 4.79 Å². The third-order valence-electron chi connectivity index (χ3n) is 10.3. The Morgan fingerprint density at radius 3 is 2.51 bits per heavy atom. The molecular weight excluding hydrogens is 470 g/mol. The van der Waals surface area contributed by atoms with Gasteiger partial charge in [-0.2, -0.15) is 0 Å². The van der Waals surface area contributed by atoms with E-state index in [0.717, 1.165) is 5.56 Å². The highest BCUT2D eigenvalue weighted by Crippen LogP contribution is 2.71. The van der Waals surface area contributed by atoms with Crippen LogP contribution in [0.4, 0.5) is 4.79 Å². The Morgan fingerprint density at radius 2 is 1.89 bits per heavy atom. The lowest BCUT2D eigenvalue weighted by molar-refractivity contribution is -0.191. The molecule has 37 heavy (non-hydrogen) atoms. The quantitative estimate of drug-likeness (QED) is 0.535. The van der Waals surface area contributed by atoms with Crippen molar-refractivity contribution in [1.82, 2.24) is 4.90 Å². The Labute approximate surface area is 218 Å². The van der Waals surface area contributed by atoms with E-state index in [1.807, 2.05) is 44.2 Å². The summed E-state index contributed by atoms with van der Waals surface area (Å²) in [6.07, 6.45) is 0.660. The van der Waals surface area contributed by atoms with Crippen LogP contribution in [0.3, 0.4) is 0 Å². The van der Waals surface area contributed by atoms with Crippen LogP contribution in [0.15, 0.2) is 53.6 Å². The summed E-state index contributed by atoms with van der Waals surface area (Å²) in [5, 5.41) is 34.4. The molecule has 7 nitrogen and oxygen atoms in total. The maximum atomic E-state index is 14.4. The number of Topliss-reactive ketones (excluding diaryl/α,β-unsaturated/α-hetero) is 1. The van der Waals surface area contributed by atoms with E-state index in [0.29, 0.717) is 17.9 Å². The SMILES string of the molecule is CC1=C[C@]23C(=O)[C@@H](C=C(CO)[C@@H](O)[C@]2(O)[C@H]1OC(=O)N(C)C(C)c1ccccc1)[C@H]1[C@@H](C[C@H]3C)C1(C)C. The van der Waals surface area contributed by atoms with E-state index in [-0.39, 0.29) is 34.6 Å². The average Bonchev–Trinajstić information content (AvgIpc) is 3.37. The standard InChI is InChI=1S/C30H39NO6/c1-16-14-29-17(2)12-22-23(28(22,4)5)21(25(29)34)13-20(15-32)24(33)30(29,36)26(16)37-27(35)31(6)18(3)19-10-8-7-9-11-19/h7-11,13-14,17-18,21-24,26,32-33,36H,12,15H2,1-6H3/t17-,18?,21+,22-,23+,24-,26+,29+,30+/m1/s1. The lowest BCUT2D eigenvalue weighted by atomic mass is 9.59. The van der Waals surface area contributed by atoms with Gasteiger partial charge in [-0.1, -0.05) is 63.3 Å². The molecule has 1 amide bonds. The van der Waals surface area contributed by atoms with Crippen LogP contribution in [0.25, 0.3) is 0 Å². The Bertz CT molecular complexity index is 1170.